The molecule has 1 saturated heterocycles. The second-order valence-electron chi connectivity index (χ2n) is 7.46. The minimum absolute atomic E-state index is 0.723. The zero-order chi connectivity index (χ0) is 20.3. The highest BCUT2D eigenvalue weighted by atomic mass is 32.1. The number of hydrogen-bond acceptors (Lipinski definition) is 2. The van der Waals surface area contributed by atoms with E-state index in [0.717, 1.165) is 31.3 Å². The van der Waals surface area contributed by atoms with E-state index < -0.39 is 7.05 Å². The first-order valence-electron chi connectivity index (χ1n) is 9.94. The molecular formula is C23H27N4PS. The average molecular weight is 423 g/mol. The van der Waals surface area contributed by atoms with E-state index in [0.29, 0.717) is 0 Å². The van der Waals surface area contributed by atoms with Crippen molar-refractivity contribution in [2.75, 3.05) is 33.2 Å². The Bertz CT molecular complexity index is 978. The highest BCUT2D eigenvalue weighted by Gasteiger charge is 2.31. The van der Waals surface area contributed by atoms with E-state index in [4.69, 9.17) is 17.0 Å². The summed E-state index contributed by atoms with van der Waals surface area (Å²) in [5.74, 6) is 0. The zero-order valence-corrected chi connectivity index (χ0v) is 18.7. The van der Waals surface area contributed by atoms with Crippen molar-refractivity contribution >= 4 is 40.4 Å². The summed E-state index contributed by atoms with van der Waals surface area (Å²) in [6, 6.07) is 25.6. The van der Waals surface area contributed by atoms with Gasteiger partial charge < -0.3 is 14.4 Å². The molecule has 0 atom stereocenters. The lowest BCUT2D eigenvalue weighted by Crippen LogP contribution is -2.46. The number of thiocarbonyl (C=S) groups is 1. The van der Waals surface area contributed by atoms with Crippen molar-refractivity contribution in [1.82, 2.24) is 14.4 Å². The summed E-state index contributed by atoms with van der Waals surface area (Å²) in [4.78, 5) is 4.60. The minimum Gasteiger partial charge on any atom is -0.349 e. The molecule has 6 heteroatoms. The van der Waals surface area contributed by atoms with Crippen LogP contribution in [0.2, 0.25) is 0 Å². The number of hydrogen-bond donors (Lipinski definition) is 0. The molecule has 2 heterocycles. The van der Waals surface area contributed by atoms with Gasteiger partial charge in [-0.05, 0) is 31.4 Å². The van der Waals surface area contributed by atoms with Crippen LogP contribution in [0.4, 0.5) is 0 Å². The molecule has 0 aliphatic carbocycles. The molecule has 0 saturated carbocycles. The summed E-state index contributed by atoms with van der Waals surface area (Å²) < 4.78 is 7.63. The fourth-order valence-electron chi connectivity index (χ4n) is 3.85. The predicted octanol–water partition coefficient (Wildman–Crippen LogP) is 3.03. The molecule has 4 nitrogen and oxygen atoms in total. The van der Waals surface area contributed by atoms with Crippen molar-refractivity contribution in [2.24, 2.45) is 11.8 Å². The molecule has 2 aromatic carbocycles. The van der Waals surface area contributed by atoms with E-state index >= 15 is 0 Å². The van der Waals surface area contributed by atoms with Crippen LogP contribution in [0.25, 0.3) is 0 Å². The molecule has 0 radical (unpaired) electrons. The maximum absolute atomic E-state index is 5.94. The fourth-order valence-corrected chi connectivity index (χ4v) is 7.97. The van der Waals surface area contributed by atoms with E-state index in [1.165, 1.54) is 16.0 Å². The molecule has 0 N–H and O–H groups in total. The molecule has 150 valence electrons. The molecule has 1 aliphatic rings. The number of rotatable bonds is 3. The Morgan fingerprint density at radius 1 is 0.793 bits per heavy atom. The summed E-state index contributed by atoms with van der Waals surface area (Å²) in [7, 11) is 1.97. The minimum atomic E-state index is -2.29. The summed E-state index contributed by atoms with van der Waals surface area (Å²) in [5, 5.41) is 3.18. The molecule has 1 fully saturated rings. The standard InChI is InChI=1S/C23H27N4PS/c1-25-16-18-27(19-17-25)23(29)24-28(20-10-5-3-6-11-20,21-12-7-4-8-13-21)22-14-9-15-26(22)2/h3-15H,16-19H2,1-2H3. The molecule has 0 spiro atoms. The predicted molar refractivity (Wildman–Crippen MR) is 128 cm³/mol. The molecule has 1 aromatic heterocycles. The van der Waals surface area contributed by atoms with Gasteiger partial charge in [-0.1, -0.05) is 60.7 Å². The van der Waals surface area contributed by atoms with Gasteiger partial charge in [0.1, 0.15) is 0 Å². The number of piperazine rings is 1. The summed E-state index contributed by atoms with van der Waals surface area (Å²) in [6.07, 6.45) is 2.10. The Hall–Kier alpha value is -2.20. The number of aryl methyl sites for hydroxylation is 1. The van der Waals surface area contributed by atoms with Crippen molar-refractivity contribution in [2.45, 2.75) is 0 Å². The lowest BCUT2D eigenvalue weighted by Gasteiger charge is -2.34. The molecule has 3 aromatic rings. The van der Waals surface area contributed by atoms with Crippen molar-refractivity contribution in [1.29, 1.82) is 0 Å². The van der Waals surface area contributed by atoms with Gasteiger partial charge in [0, 0.05) is 50.0 Å². The first-order valence-corrected chi connectivity index (χ1v) is 12.1. The van der Waals surface area contributed by atoms with E-state index in [-0.39, 0.29) is 0 Å². The van der Waals surface area contributed by atoms with Crippen LogP contribution in [0.1, 0.15) is 0 Å². The fraction of sp³-hybridized carbons (Fsp3) is 0.261. The van der Waals surface area contributed by atoms with Crippen molar-refractivity contribution in [3.8, 4) is 0 Å². The average Bonchev–Trinajstić information content (AvgIpc) is 3.20. The Labute approximate surface area is 178 Å². The largest absolute Gasteiger partial charge is 0.349 e. The second-order valence-corrected chi connectivity index (χ2v) is 10.8. The number of aromatic nitrogens is 1. The van der Waals surface area contributed by atoms with Gasteiger partial charge in [-0.25, -0.2) is 4.74 Å². The van der Waals surface area contributed by atoms with Crippen LogP contribution in [0.15, 0.2) is 83.7 Å². The van der Waals surface area contributed by atoms with Gasteiger partial charge in [0.25, 0.3) is 0 Å². The molecule has 29 heavy (non-hydrogen) atoms. The first kappa shape index (κ1) is 20.1. The van der Waals surface area contributed by atoms with Crippen LogP contribution in [-0.4, -0.2) is 52.7 Å². The third-order valence-corrected chi connectivity index (χ3v) is 9.71. The molecule has 0 unspecified atom stereocenters. The highest BCUT2D eigenvalue weighted by molar-refractivity contribution is 7.88. The van der Waals surface area contributed by atoms with Gasteiger partial charge in [0.2, 0.25) is 0 Å². The molecule has 4 rings (SSSR count). The SMILES string of the molecule is CN1CCN(C(=S)N=P(c2ccccc2)(c2ccccc2)c2cccn2C)CC1. The van der Waals surface area contributed by atoms with Gasteiger partial charge in [-0.3, -0.25) is 0 Å². The van der Waals surface area contributed by atoms with E-state index in [9.17, 15) is 0 Å². The highest BCUT2D eigenvalue weighted by Crippen LogP contribution is 2.46. The Kier molecular flexibility index (Phi) is 6.00. The number of likely N-dealkylation sites (N-methyl/N-ethyl adjacent to an activating group) is 1. The monoisotopic (exact) mass is 422 g/mol. The number of nitrogens with zero attached hydrogens (tertiary/aromatic N) is 4. The van der Waals surface area contributed by atoms with Crippen LogP contribution in [-0.2, 0) is 7.05 Å². The molecule has 0 bridgehead atoms. The zero-order valence-electron chi connectivity index (χ0n) is 17.0. The van der Waals surface area contributed by atoms with E-state index in [1.807, 2.05) is 0 Å². The van der Waals surface area contributed by atoms with Crippen LogP contribution < -0.4 is 16.0 Å². The normalized spacial score (nSPS) is 15.3. The third-order valence-electron chi connectivity index (χ3n) is 5.52. The smallest absolute Gasteiger partial charge is 0.195 e. The van der Waals surface area contributed by atoms with Gasteiger partial charge >= 0.3 is 0 Å². The van der Waals surface area contributed by atoms with Crippen LogP contribution in [0.5, 0.6) is 0 Å². The summed E-state index contributed by atoms with van der Waals surface area (Å²) in [6.45, 7) is 3.88. The molecule has 0 amide bonds. The van der Waals surface area contributed by atoms with Crippen molar-refractivity contribution < 1.29 is 0 Å². The van der Waals surface area contributed by atoms with E-state index in [2.05, 4.69) is 107 Å². The van der Waals surface area contributed by atoms with Gasteiger partial charge in [-0.15, -0.1) is 0 Å². The molecule has 1 aliphatic heterocycles. The topological polar surface area (TPSA) is 23.8 Å². The lowest BCUT2D eigenvalue weighted by molar-refractivity contribution is 0.216. The Morgan fingerprint density at radius 2 is 1.34 bits per heavy atom. The Balaban J connectivity index is 1.96. The summed E-state index contributed by atoms with van der Waals surface area (Å²) in [5.41, 5.74) is 1.21. The van der Waals surface area contributed by atoms with Crippen LogP contribution >= 0.6 is 19.3 Å². The maximum Gasteiger partial charge on any atom is 0.195 e. The maximum atomic E-state index is 5.94. The van der Waals surface area contributed by atoms with Crippen LogP contribution in [0.3, 0.4) is 0 Å². The Morgan fingerprint density at radius 3 is 1.83 bits per heavy atom. The third kappa shape index (κ3) is 3.95. The van der Waals surface area contributed by atoms with Gasteiger partial charge in [0.15, 0.2) is 5.11 Å². The van der Waals surface area contributed by atoms with Gasteiger partial charge in [-0.2, -0.15) is 0 Å². The lowest BCUT2D eigenvalue weighted by atomic mass is 10.3. The van der Waals surface area contributed by atoms with E-state index in [1.54, 1.807) is 0 Å². The summed E-state index contributed by atoms with van der Waals surface area (Å²) >= 11 is 5.94. The number of benzene rings is 2. The van der Waals surface area contributed by atoms with Crippen molar-refractivity contribution in [3.05, 3.63) is 79.0 Å². The molecular weight excluding hydrogens is 395 g/mol. The van der Waals surface area contributed by atoms with Gasteiger partial charge in [0.05, 0.1) is 12.5 Å². The van der Waals surface area contributed by atoms with Crippen LogP contribution in [0, 0.1) is 0 Å². The second kappa shape index (κ2) is 8.66. The first-order chi connectivity index (χ1) is 14.1. The quantitative estimate of drug-likeness (QED) is 0.479. The van der Waals surface area contributed by atoms with Crippen molar-refractivity contribution in [3.63, 3.8) is 0 Å².